The smallest absolute Gasteiger partial charge is 0.167 e. The van der Waals surface area contributed by atoms with Crippen molar-refractivity contribution in [3.05, 3.63) is 23.8 Å². The fourth-order valence-corrected chi connectivity index (χ4v) is 1.68. The van der Waals surface area contributed by atoms with E-state index in [2.05, 4.69) is 37.4 Å². The molecule has 1 atom stereocenters. The summed E-state index contributed by atoms with van der Waals surface area (Å²) >= 11 is 0. The first-order valence-electron chi connectivity index (χ1n) is 4.74. The molecule has 0 aliphatic carbocycles. The molecule has 13 heavy (non-hydrogen) atoms. The number of benzene rings is 1. The lowest BCUT2D eigenvalue weighted by Crippen LogP contribution is -2.14. The van der Waals surface area contributed by atoms with Crippen LogP contribution >= 0.6 is 0 Å². The van der Waals surface area contributed by atoms with E-state index >= 15 is 0 Å². The Hall–Kier alpha value is -1.18. The number of anilines is 1. The van der Waals surface area contributed by atoms with Crippen molar-refractivity contribution in [1.29, 1.82) is 0 Å². The molecule has 0 radical (unpaired) electrons. The van der Waals surface area contributed by atoms with Crippen LogP contribution in [0.25, 0.3) is 0 Å². The molecule has 1 aromatic rings. The highest BCUT2D eigenvalue weighted by Crippen LogP contribution is 2.38. The Morgan fingerprint density at radius 2 is 2.15 bits per heavy atom. The Balaban J connectivity index is 2.45. The molecule has 0 bridgehead atoms. The van der Waals surface area contributed by atoms with E-state index in [1.807, 2.05) is 6.92 Å². The topological polar surface area (TPSA) is 21.3 Å². The van der Waals surface area contributed by atoms with Crippen molar-refractivity contribution in [2.75, 3.05) is 5.32 Å². The van der Waals surface area contributed by atoms with Crippen LogP contribution < -0.4 is 10.1 Å². The van der Waals surface area contributed by atoms with Crippen LogP contribution in [0.15, 0.2) is 18.2 Å². The average molecular weight is 177 g/mol. The van der Waals surface area contributed by atoms with Crippen LogP contribution in [0, 0.1) is 0 Å². The molecule has 0 saturated carbocycles. The molecule has 0 amide bonds. The van der Waals surface area contributed by atoms with Gasteiger partial charge >= 0.3 is 0 Å². The summed E-state index contributed by atoms with van der Waals surface area (Å²) in [6.45, 7) is 6.38. The van der Waals surface area contributed by atoms with E-state index in [-0.39, 0.29) is 6.23 Å². The van der Waals surface area contributed by atoms with E-state index in [1.54, 1.807) is 0 Å². The predicted molar refractivity (Wildman–Crippen MR) is 54.2 cm³/mol. The maximum atomic E-state index is 5.69. The van der Waals surface area contributed by atoms with Crippen molar-refractivity contribution >= 4 is 5.69 Å². The minimum absolute atomic E-state index is 0.106. The molecule has 2 rings (SSSR count). The minimum atomic E-state index is 0.106. The first-order valence-corrected chi connectivity index (χ1v) is 4.74. The largest absolute Gasteiger partial charge is 0.469 e. The Bertz CT molecular complexity index is 320. The average Bonchev–Trinajstić information content (AvgIpc) is 2.43. The van der Waals surface area contributed by atoms with Crippen molar-refractivity contribution in [2.24, 2.45) is 0 Å². The van der Waals surface area contributed by atoms with Gasteiger partial charge in [-0.25, -0.2) is 0 Å². The molecule has 0 fully saturated rings. The summed E-state index contributed by atoms with van der Waals surface area (Å²) in [6.07, 6.45) is 0.106. The first-order chi connectivity index (χ1) is 6.18. The number of para-hydroxylation sites is 1. The molecular formula is C11H15NO. The van der Waals surface area contributed by atoms with Crippen molar-refractivity contribution in [1.82, 2.24) is 0 Å². The second-order valence-corrected chi connectivity index (χ2v) is 3.78. The lowest BCUT2D eigenvalue weighted by Gasteiger charge is -2.10. The van der Waals surface area contributed by atoms with E-state index in [4.69, 9.17) is 4.74 Å². The van der Waals surface area contributed by atoms with Gasteiger partial charge in [0.2, 0.25) is 0 Å². The number of rotatable bonds is 1. The summed E-state index contributed by atoms with van der Waals surface area (Å²) in [4.78, 5) is 0. The maximum Gasteiger partial charge on any atom is 0.167 e. The summed E-state index contributed by atoms with van der Waals surface area (Å²) in [5.74, 6) is 1.55. The van der Waals surface area contributed by atoms with Crippen LogP contribution in [0.2, 0.25) is 0 Å². The summed E-state index contributed by atoms with van der Waals surface area (Å²) in [7, 11) is 0. The van der Waals surface area contributed by atoms with E-state index < -0.39 is 0 Å². The molecule has 70 valence electrons. The monoisotopic (exact) mass is 177 g/mol. The second kappa shape index (κ2) is 2.95. The van der Waals surface area contributed by atoms with Crippen LogP contribution in [0.3, 0.4) is 0 Å². The summed E-state index contributed by atoms with van der Waals surface area (Å²) in [5.41, 5.74) is 2.41. The van der Waals surface area contributed by atoms with Gasteiger partial charge in [-0.05, 0) is 24.5 Å². The van der Waals surface area contributed by atoms with Gasteiger partial charge in [0.15, 0.2) is 6.23 Å². The van der Waals surface area contributed by atoms with Crippen molar-refractivity contribution in [3.63, 3.8) is 0 Å². The van der Waals surface area contributed by atoms with Gasteiger partial charge in [-0.3, -0.25) is 0 Å². The van der Waals surface area contributed by atoms with Crippen molar-refractivity contribution in [3.8, 4) is 5.75 Å². The third-order valence-electron chi connectivity index (χ3n) is 2.32. The molecule has 0 saturated heterocycles. The number of nitrogens with one attached hydrogen (secondary N) is 1. The van der Waals surface area contributed by atoms with E-state index in [9.17, 15) is 0 Å². The molecule has 2 nitrogen and oxygen atoms in total. The quantitative estimate of drug-likeness (QED) is 0.712. The molecule has 1 aliphatic rings. The van der Waals surface area contributed by atoms with Gasteiger partial charge in [-0.15, -0.1) is 0 Å². The van der Waals surface area contributed by atoms with Gasteiger partial charge in [0.05, 0.1) is 5.69 Å². The van der Waals surface area contributed by atoms with Gasteiger partial charge in [0.25, 0.3) is 0 Å². The molecule has 1 aliphatic heterocycles. The third kappa shape index (κ3) is 1.37. The fourth-order valence-electron chi connectivity index (χ4n) is 1.68. The van der Waals surface area contributed by atoms with Gasteiger partial charge in [-0.2, -0.15) is 0 Å². The standard InChI is InChI=1S/C11H15NO/c1-7(2)9-5-4-6-10-11(9)13-8(3)12-10/h4-8,12H,1-3H3. The van der Waals surface area contributed by atoms with Crippen LogP contribution in [0.1, 0.15) is 32.3 Å². The van der Waals surface area contributed by atoms with Crippen LogP contribution in [-0.4, -0.2) is 6.23 Å². The normalized spacial score (nSPS) is 19.5. The zero-order valence-corrected chi connectivity index (χ0v) is 8.29. The van der Waals surface area contributed by atoms with Gasteiger partial charge in [-0.1, -0.05) is 26.0 Å². The van der Waals surface area contributed by atoms with Crippen LogP contribution in [0.4, 0.5) is 5.69 Å². The molecule has 1 N–H and O–H groups in total. The Morgan fingerprint density at radius 1 is 1.38 bits per heavy atom. The summed E-state index contributed by atoms with van der Waals surface area (Å²) in [6, 6.07) is 6.26. The summed E-state index contributed by atoms with van der Waals surface area (Å²) in [5, 5.41) is 3.27. The molecular weight excluding hydrogens is 162 g/mol. The highest BCUT2D eigenvalue weighted by molar-refractivity contribution is 5.63. The minimum Gasteiger partial charge on any atom is -0.469 e. The number of fused-ring (bicyclic) bond motifs is 1. The molecule has 0 spiro atoms. The Labute approximate surface area is 78.9 Å². The summed E-state index contributed by atoms with van der Waals surface area (Å²) < 4.78 is 5.69. The second-order valence-electron chi connectivity index (χ2n) is 3.78. The van der Waals surface area contributed by atoms with Gasteiger partial charge in [0.1, 0.15) is 5.75 Å². The van der Waals surface area contributed by atoms with E-state index in [0.29, 0.717) is 5.92 Å². The zero-order chi connectivity index (χ0) is 9.42. The van der Waals surface area contributed by atoms with Gasteiger partial charge < -0.3 is 10.1 Å². The highest BCUT2D eigenvalue weighted by atomic mass is 16.5. The molecule has 1 aromatic carbocycles. The number of hydrogen-bond acceptors (Lipinski definition) is 2. The molecule has 2 heteroatoms. The Morgan fingerprint density at radius 3 is 2.85 bits per heavy atom. The molecule has 1 unspecified atom stereocenters. The lowest BCUT2D eigenvalue weighted by molar-refractivity contribution is 0.271. The van der Waals surface area contributed by atoms with E-state index in [0.717, 1.165) is 11.4 Å². The Kier molecular flexibility index (Phi) is 1.91. The fraction of sp³-hybridized carbons (Fsp3) is 0.455. The SMILES string of the molecule is CC1Nc2cccc(C(C)C)c2O1. The lowest BCUT2D eigenvalue weighted by atomic mass is 10.0. The van der Waals surface area contributed by atoms with Gasteiger partial charge in [0, 0.05) is 0 Å². The molecule has 1 heterocycles. The van der Waals surface area contributed by atoms with Crippen molar-refractivity contribution < 1.29 is 4.74 Å². The first kappa shape index (κ1) is 8.42. The van der Waals surface area contributed by atoms with Crippen LogP contribution in [-0.2, 0) is 0 Å². The zero-order valence-electron chi connectivity index (χ0n) is 8.29. The third-order valence-corrected chi connectivity index (χ3v) is 2.32. The highest BCUT2D eigenvalue weighted by Gasteiger charge is 2.21. The van der Waals surface area contributed by atoms with E-state index in [1.165, 1.54) is 5.56 Å². The predicted octanol–water partition coefficient (Wildman–Crippen LogP) is 2.96. The maximum absolute atomic E-state index is 5.69. The number of ether oxygens (including phenoxy) is 1. The van der Waals surface area contributed by atoms with Crippen LogP contribution in [0.5, 0.6) is 5.75 Å². The molecule has 0 aromatic heterocycles. The number of hydrogen-bond donors (Lipinski definition) is 1. The van der Waals surface area contributed by atoms with Crippen molar-refractivity contribution in [2.45, 2.75) is 32.9 Å².